The van der Waals surface area contributed by atoms with Gasteiger partial charge in [0.25, 0.3) is 0 Å². The van der Waals surface area contributed by atoms with Gasteiger partial charge in [0.2, 0.25) is 0 Å². The summed E-state index contributed by atoms with van der Waals surface area (Å²) in [6.07, 6.45) is 8.11. The van der Waals surface area contributed by atoms with Gasteiger partial charge < -0.3 is 15.0 Å². The van der Waals surface area contributed by atoms with Crippen LogP contribution in [0.15, 0.2) is 4.99 Å². The van der Waals surface area contributed by atoms with E-state index in [1.54, 1.807) is 0 Å². The zero-order valence-corrected chi connectivity index (χ0v) is 21.3. The van der Waals surface area contributed by atoms with Crippen LogP contribution in [0.25, 0.3) is 0 Å². The second-order valence-electron chi connectivity index (χ2n) is 8.82. The lowest BCUT2D eigenvalue weighted by molar-refractivity contribution is 0.0194. The Hall–Kier alpha value is 0.230. The van der Waals surface area contributed by atoms with Crippen LogP contribution >= 0.6 is 35.7 Å². The molecule has 4 rings (SSSR count). The highest BCUT2D eigenvalue weighted by Gasteiger charge is 2.39. The standard InChI is InChI=1S/C21H39N5OS.HI/c1-22-20(25-8-5-19(17-25)24-9-13-27-14-10-24)23-18-21(6-3-2-4-7-21)26-11-15-28-16-12-26;/h19H,2-18H2,1H3,(H,22,23);1H. The molecule has 0 aromatic carbocycles. The summed E-state index contributed by atoms with van der Waals surface area (Å²) >= 11 is 2.12. The van der Waals surface area contributed by atoms with Gasteiger partial charge in [-0.25, -0.2) is 0 Å². The number of halogens is 1. The van der Waals surface area contributed by atoms with Gasteiger partial charge in [-0.2, -0.15) is 11.8 Å². The molecule has 3 heterocycles. The van der Waals surface area contributed by atoms with Gasteiger partial charge in [0.1, 0.15) is 0 Å². The fourth-order valence-electron chi connectivity index (χ4n) is 5.60. The lowest BCUT2D eigenvalue weighted by atomic mass is 9.80. The van der Waals surface area contributed by atoms with Crippen LogP contribution in [0.3, 0.4) is 0 Å². The molecule has 4 aliphatic rings. The van der Waals surface area contributed by atoms with Gasteiger partial charge in [-0.15, -0.1) is 24.0 Å². The van der Waals surface area contributed by atoms with Crippen molar-refractivity contribution in [2.75, 3.05) is 77.6 Å². The molecule has 1 saturated carbocycles. The van der Waals surface area contributed by atoms with Crippen molar-refractivity contribution in [2.45, 2.75) is 50.1 Å². The smallest absolute Gasteiger partial charge is 0.193 e. The molecular formula is C21H40IN5OS. The summed E-state index contributed by atoms with van der Waals surface area (Å²) in [7, 11) is 1.95. The first-order valence-corrected chi connectivity index (χ1v) is 12.6. The molecule has 0 amide bonds. The first-order chi connectivity index (χ1) is 13.8. The molecule has 1 atom stereocenters. The van der Waals surface area contributed by atoms with E-state index in [-0.39, 0.29) is 24.0 Å². The number of nitrogens with one attached hydrogen (secondary N) is 1. The fraction of sp³-hybridized carbons (Fsp3) is 0.952. The van der Waals surface area contributed by atoms with E-state index in [0.717, 1.165) is 51.9 Å². The summed E-state index contributed by atoms with van der Waals surface area (Å²) in [6.45, 7) is 9.74. The van der Waals surface area contributed by atoms with E-state index in [0.29, 0.717) is 11.6 Å². The second-order valence-corrected chi connectivity index (χ2v) is 10.0. The summed E-state index contributed by atoms with van der Waals surface area (Å²) in [4.78, 5) is 12.6. The molecule has 6 nitrogen and oxygen atoms in total. The average Bonchev–Trinajstić information content (AvgIpc) is 3.26. The molecule has 0 aromatic rings. The van der Waals surface area contributed by atoms with Gasteiger partial charge in [0.05, 0.1) is 13.2 Å². The highest BCUT2D eigenvalue weighted by Crippen LogP contribution is 2.35. The van der Waals surface area contributed by atoms with Crippen molar-refractivity contribution in [2.24, 2.45) is 4.99 Å². The van der Waals surface area contributed by atoms with Crippen molar-refractivity contribution in [3.8, 4) is 0 Å². The molecule has 3 saturated heterocycles. The van der Waals surface area contributed by atoms with Crippen LogP contribution in [-0.4, -0.2) is 110 Å². The Bertz CT molecular complexity index is 519. The van der Waals surface area contributed by atoms with Gasteiger partial charge in [0.15, 0.2) is 5.96 Å². The molecule has 1 aliphatic carbocycles. The normalized spacial score (nSPS) is 29.5. The van der Waals surface area contributed by atoms with Crippen molar-refractivity contribution in [1.82, 2.24) is 20.0 Å². The molecule has 8 heteroatoms. The molecule has 1 unspecified atom stereocenters. The number of guanidine groups is 1. The lowest BCUT2D eigenvalue weighted by Gasteiger charge is -2.48. The molecule has 0 aromatic heterocycles. The Morgan fingerprint density at radius 2 is 1.79 bits per heavy atom. The predicted octanol–water partition coefficient (Wildman–Crippen LogP) is 2.34. The Balaban J connectivity index is 0.00000240. The van der Waals surface area contributed by atoms with Crippen LogP contribution in [0.1, 0.15) is 38.5 Å². The van der Waals surface area contributed by atoms with Crippen LogP contribution in [0, 0.1) is 0 Å². The zero-order chi connectivity index (χ0) is 19.2. The van der Waals surface area contributed by atoms with Crippen molar-refractivity contribution >= 4 is 41.7 Å². The van der Waals surface area contributed by atoms with Crippen LogP contribution in [0.4, 0.5) is 0 Å². The summed E-state index contributed by atoms with van der Waals surface area (Å²) in [6, 6.07) is 0.658. The van der Waals surface area contributed by atoms with E-state index >= 15 is 0 Å². The van der Waals surface area contributed by atoms with Gasteiger partial charge in [0, 0.05) is 75.9 Å². The SMILES string of the molecule is CN=C(NCC1(N2CCSCC2)CCCCC1)N1CCC(N2CCOCC2)C1.I. The van der Waals surface area contributed by atoms with E-state index in [4.69, 9.17) is 4.74 Å². The molecule has 0 radical (unpaired) electrons. The van der Waals surface area contributed by atoms with Crippen molar-refractivity contribution in [1.29, 1.82) is 0 Å². The summed E-state index contributed by atoms with van der Waals surface area (Å²) < 4.78 is 5.53. The highest BCUT2D eigenvalue weighted by atomic mass is 127. The largest absolute Gasteiger partial charge is 0.379 e. The van der Waals surface area contributed by atoms with Crippen molar-refractivity contribution in [3.63, 3.8) is 0 Å². The maximum absolute atomic E-state index is 5.53. The number of hydrogen-bond donors (Lipinski definition) is 1. The van der Waals surface area contributed by atoms with Gasteiger partial charge >= 0.3 is 0 Å². The quantitative estimate of drug-likeness (QED) is 0.338. The third-order valence-electron chi connectivity index (χ3n) is 7.28. The van der Waals surface area contributed by atoms with Crippen LogP contribution in [0.2, 0.25) is 0 Å². The summed E-state index contributed by atoms with van der Waals surface area (Å²) in [5, 5.41) is 3.83. The number of nitrogens with zero attached hydrogens (tertiary/aromatic N) is 4. The fourth-order valence-corrected chi connectivity index (χ4v) is 6.51. The number of thioether (sulfide) groups is 1. The average molecular weight is 538 g/mol. The van der Waals surface area contributed by atoms with Gasteiger partial charge in [-0.1, -0.05) is 19.3 Å². The highest BCUT2D eigenvalue weighted by molar-refractivity contribution is 14.0. The lowest BCUT2D eigenvalue weighted by Crippen LogP contribution is -2.60. The molecule has 29 heavy (non-hydrogen) atoms. The third-order valence-corrected chi connectivity index (χ3v) is 8.22. The van der Waals surface area contributed by atoms with Gasteiger partial charge in [-0.3, -0.25) is 14.8 Å². The number of rotatable bonds is 4. The minimum Gasteiger partial charge on any atom is -0.379 e. The minimum absolute atomic E-state index is 0. The molecule has 4 fully saturated rings. The van der Waals surface area contributed by atoms with E-state index < -0.39 is 0 Å². The number of hydrogen-bond acceptors (Lipinski definition) is 5. The van der Waals surface area contributed by atoms with Crippen molar-refractivity contribution < 1.29 is 4.74 Å². The summed E-state index contributed by atoms with van der Waals surface area (Å²) in [5.41, 5.74) is 0.346. The van der Waals surface area contributed by atoms with E-state index in [2.05, 4.69) is 36.8 Å². The second kappa shape index (κ2) is 11.7. The third kappa shape index (κ3) is 5.93. The number of ether oxygens (including phenoxy) is 1. The van der Waals surface area contributed by atoms with Gasteiger partial charge in [-0.05, 0) is 19.3 Å². The maximum Gasteiger partial charge on any atom is 0.193 e. The molecule has 0 bridgehead atoms. The molecule has 168 valence electrons. The van der Waals surface area contributed by atoms with Crippen molar-refractivity contribution in [3.05, 3.63) is 0 Å². The van der Waals surface area contributed by atoms with E-state index in [1.165, 1.54) is 63.1 Å². The zero-order valence-electron chi connectivity index (χ0n) is 18.1. The molecule has 1 N–H and O–H groups in total. The number of morpholine rings is 1. The molecular weight excluding hydrogens is 497 g/mol. The van der Waals surface area contributed by atoms with Crippen LogP contribution in [0.5, 0.6) is 0 Å². The Morgan fingerprint density at radius 3 is 2.48 bits per heavy atom. The monoisotopic (exact) mass is 537 g/mol. The first-order valence-electron chi connectivity index (χ1n) is 11.4. The molecule has 3 aliphatic heterocycles. The Morgan fingerprint density at radius 1 is 1.07 bits per heavy atom. The minimum atomic E-state index is 0. The number of aliphatic imine (C=N–C) groups is 1. The first kappa shape index (κ1) is 23.9. The maximum atomic E-state index is 5.53. The number of likely N-dealkylation sites (tertiary alicyclic amines) is 1. The Labute approximate surface area is 198 Å². The predicted molar refractivity (Wildman–Crippen MR) is 134 cm³/mol. The van der Waals surface area contributed by atoms with Crippen LogP contribution in [-0.2, 0) is 4.74 Å². The van der Waals surface area contributed by atoms with E-state index in [9.17, 15) is 0 Å². The Kier molecular flexibility index (Phi) is 9.67. The molecule has 0 spiro atoms. The topological polar surface area (TPSA) is 43.3 Å². The van der Waals surface area contributed by atoms with Crippen LogP contribution < -0.4 is 5.32 Å². The van der Waals surface area contributed by atoms with E-state index in [1.807, 2.05) is 7.05 Å². The summed E-state index contributed by atoms with van der Waals surface area (Å²) in [5.74, 6) is 3.71.